The number of hydrogen-bond donors (Lipinski definition) is 1. The van der Waals surface area contributed by atoms with Crippen molar-refractivity contribution in [1.82, 2.24) is 4.90 Å². The molecule has 0 spiro atoms. The van der Waals surface area contributed by atoms with Gasteiger partial charge in [-0.25, -0.2) is 0 Å². The minimum Gasteiger partial charge on any atom is -0.369 e. The Morgan fingerprint density at radius 3 is 2.22 bits per heavy atom. The lowest BCUT2D eigenvalue weighted by Crippen LogP contribution is -2.47. The van der Waals surface area contributed by atoms with E-state index in [0.29, 0.717) is 38.8 Å². The summed E-state index contributed by atoms with van der Waals surface area (Å²) in [5, 5.41) is 9.29. The third-order valence-corrected chi connectivity index (χ3v) is 4.27. The van der Waals surface area contributed by atoms with Gasteiger partial charge in [0.15, 0.2) is 0 Å². The zero-order chi connectivity index (χ0) is 13.2. The van der Waals surface area contributed by atoms with E-state index >= 15 is 0 Å². The minimum atomic E-state index is -0.792. The van der Waals surface area contributed by atoms with Gasteiger partial charge in [-0.3, -0.25) is 9.59 Å². The van der Waals surface area contributed by atoms with Crippen molar-refractivity contribution >= 4 is 11.8 Å². The molecule has 2 fully saturated rings. The van der Waals surface area contributed by atoms with Crippen LogP contribution in [-0.4, -0.2) is 29.8 Å². The average Bonchev–Trinajstić information content (AvgIpc) is 2.88. The van der Waals surface area contributed by atoms with E-state index < -0.39 is 5.41 Å². The lowest BCUT2D eigenvalue weighted by molar-refractivity contribution is -0.141. The Labute approximate surface area is 107 Å². The van der Waals surface area contributed by atoms with Crippen molar-refractivity contribution < 1.29 is 9.59 Å². The van der Waals surface area contributed by atoms with Crippen LogP contribution in [-0.2, 0) is 9.59 Å². The summed E-state index contributed by atoms with van der Waals surface area (Å²) < 4.78 is 0. The second kappa shape index (κ2) is 4.97. The number of primary amides is 1. The van der Waals surface area contributed by atoms with Crippen LogP contribution in [0.15, 0.2) is 0 Å². The van der Waals surface area contributed by atoms with Gasteiger partial charge in [0, 0.05) is 19.0 Å². The summed E-state index contributed by atoms with van der Waals surface area (Å²) in [5.41, 5.74) is 4.48. The molecule has 0 atom stereocenters. The van der Waals surface area contributed by atoms with E-state index in [0.717, 1.165) is 12.8 Å². The molecule has 1 saturated heterocycles. The normalized spacial score (nSPS) is 23.6. The van der Waals surface area contributed by atoms with Crippen LogP contribution in [0.25, 0.3) is 0 Å². The molecule has 18 heavy (non-hydrogen) atoms. The van der Waals surface area contributed by atoms with Gasteiger partial charge in [-0.15, -0.1) is 0 Å². The van der Waals surface area contributed by atoms with Crippen molar-refractivity contribution in [3.8, 4) is 6.07 Å². The molecular weight excluding hydrogens is 230 g/mol. The maximum Gasteiger partial charge on any atom is 0.243 e. The van der Waals surface area contributed by atoms with Crippen LogP contribution >= 0.6 is 0 Å². The molecule has 0 aromatic carbocycles. The Kier molecular flexibility index (Phi) is 3.55. The van der Waals surface area contributed by atoms with Gasteiger partial charge < -0.3 is 10.6 Å². The van der Waals surface area contributed by atoms with Gasteiger partial charge in [-0.05, 0) is 25.7 Å². The summed E-state index contributed by atoms with van der Waals surface area (Å²) >= 11 is 0. The third-order valence-electron chi connectivity index (χ3n) is 4.27. The van der Waals surface area contributed by atoms with Crippen LogP contribution in [0.1, 0.15) is 38.5 Å². The van der Waals surface area contributed by atoms with Crippen LogP contribution in [0.3, 0.4) is 0 Å². The Morgan fingerprint density at radius 1 is 1.22 bits per heavy atom. The fourth-order valence-electron chi connectivity index (χ4n) is 3.02. The highest BCUT2D eigenvalue weighted by molar-refractivity contribution is 5.86. The Hall–Kier alpha value is -1.57. The first kappa shape index (κ1) is 12.9. The van der Waals surface area contributed by atoms with Crippen molar-refractivity contribution in [3.05, 3.63) is 0 Å². The van der Waals surface area contributed by atoms with E-state index in [2.05, 4.69) is 6.07 Å². The maximum atomic E-state index is 12.4. The molecule has 0 unspecified atom stereocenters. The van der Waals surface area contributed by atoms with Gasteiger partial charge in [0.05, 0.1) is 6.07 Å². The number of likely N-dealkylation sites (tertiary alicyclic amines) is 1. The van der Waals surface area contributed by atoms with Crippen molar-refractivity contribution in [2.45, 2.75) is 38.5 Å². The van der Waals surface area contributed by atoms with E-state index in [1.54, 1.807) is 4.90 Å². The number of nitrogens with zero attached hydrogens (tertiary/aromatic N) is 2. The molecule has 2 rings (SSSR count). The van der Waals surface area contributed by atoms with Crippen molar-refractivity contribution in [3.63, 3.8) is 0 Å². The topological polar surface area (TPSA) is 87.2 Å². The van der Waals surface area contributed by atoms with Gasteiger partial charge >= 0.3 is 0 Å². The molecular formula is C13H19N3O2. The fraction of sp³-hybridized carbons (Fsp3) is 0.769. The number of rotatable bonds is 2. The van der Waals surface area contributed by atoms with Crippen LogP contribution < -0.4 is 5.73 Å². The smallest absolute Gasteiger partial charge is 0.243 e. The number of hydrogen-bond acceptors (Lipinski definition) is 3. The number of carbonyl (C=O) groups excluding carboxylic acids is 2. The van der Waals surface area contributed by atoms with E-state index in [4.69, 9.17) is 5.73 Å². The Morgan fingerprint density at radius 2 is 1.78 bits per heavy atom. The molecule has 0 bridgehead atoms. The number of piperidine rings is 1. The van der Waals surface area contributed by atoms with Crippen molar-refractivity contribution in [2.75, 3.05) is 13.1 Å². The van der Waals surface area contributed by atoms with Crippen LogP contribution in [0.4, 0.5) is 0 Å². The standard InChI is InChI=1S/C13H19N3O2/c14-9-13(5-1-2-6-13)12(18)16-7-3-10(4-8-16)11(15)17/h10H,1-8H2,(H2,15,17). The molecule has 5 heteroatoms. The maximum absolute atomic E-state index is 12.4. The molecule has 0 radical (unpaired) electrons. The molecule has 2 amide bonds. The van der Waals surface area contributed by atoms with Gasteiger partial charge in [0.1, 0.15) is 5.41 Å². The predicted octanol–water partition coefficient (Wildman–Crippen LogP) is 0.794. The highest BCUT2D eigenvalue weighted by Crippen LogP contribution is 2.39. The monoisotopic (exact) mass is 249 g/mol. The second-order valence-corrected chi connectivity index (χ2v) is 5.37. The van der Waals surface area contributed by atoms with E-state index in [-0.39, 0.29) is 17.7 Å². The number of nitriles is 1. The first-order chi connectivity index (χ1) is 8.59. The molecule has 1 saturated carbocycles. The summed E-state index contributed by atoms with van der Waals surface area (Å²) in [4.78, 5) is 25.2. The van der Waals surface area contributed by atoms with Gasteiger partial charge in [0.25, 0.3) is 0 Å². The number of carbonyl (C=O) groups is 2. The minimum absolute atomic E-state index is 0.0366. The van der Waals surface area contributed by atoms with Gasteiger partial charge in [-0.1, -0.05) is 12.8 Å². The molecule has 98 valence electrons. The lowest BCUT2D eigenvalue weighted by Gasteiger charge is -2.34. The van der Waals surface area contributed by atoms with E-state index in [9.17, 15) is 14.9 Å². The highest BCUT2D eigenvalue weighted by atomic mass is 16.2. The zero-order valence-corrected chi connectivity index (χ0v) is 10.5. The zero-order valence-electron chi connectivity index (χ0n) is 10.5. The molecule has 2 aliphatic rings. The van der Waals surface area contributed by atoms with Crippen LogP contribution in [0.2, 0.25) is 0 Å². The first-order valence-corrected chi connectivity index (χ1v) is 6.59. The summed E-state index contributed by atoms with van der Waals surface area (Å²) in [7, 11) is 0. The number of nitrogens with two attached hydrogens (primary N) is 1. The third kappa shape index (κ3) is 2.20. The van der Waals surface area contributed by atoms with Crippen molar-refractivity contribution in [2.24, 2.45) is 17.1 Å². The van der Waals surface area contributed by atoms with Crippen LogP contribution in [0.5, 0.6) is 0 Å². The lowest BCUT2D eigenvalue weighted by atomic mass is 9.85. The molecule has 2 N–H and O–H groups in total. The summed E-state index contributed by atoms with van der Waals surface area (Å²) in [6.45, 7) is 1.10. The summed E-state index contributed by atoms with van der Waals surface area (Å²) in [6.07, 6.45) is 4.52. The van der Waals surface area contributed by atoms with Gasteiger partial charge in [0.2, 0.25) is 11.8 Å². The predicted molar refractivity (Wildman–Crippen MR) is 65.0 cm³/mol. The average molecular weight is 249 g/mol. The fourth-order valence-corrected chi connectivity index (χ4v) is 3.02. The quantitative estimate of drug-likeness (QED) is 0.785. The molecule has 0 aromatic heterocycles. The highest BCUT2D eigenvalue weighted by Gasteiger charge is 2.44. The molecule has 1 heterocycles. The first-order valence-electron chi connectivity index (χ1n) is 6.59. The van der Waals surface area contributed by atoms with E-state index in [1.165, 1.54) is 0 Å². The Bertz CT molecular complexity index is 386. The molecule has 1 aliphatic heterocycles. The summed E-state index contributed by atoms with van der Waals surface area (Å²) in [5.74, 6) is -0.431. The largest absolute Gasteiger partial charge is 0.369 e. The molecule has 5 nitrogen and oxygen atoms in total. The molecule has 0 aromatic rings. The van der Waals surface area contributed by atoms with Crippen molar-refractivity contribution in [1.29, 1.82) is 5.26 Å². The second-order valence-electron chi connectivity index (χ2n) is 5.37. The summed E-state index contributed by atoms with van der Waals surface area (Å²) in [6, 6.07) is 2.23. The Balaban J connectivity index is 1.99. The molecule has 1 aliphatic carbocycles. The van der Waals surface area contributed by atoms with Crippen LogP contribution in [0, 0.1) is 22.7 Å². The van der Waals surface area contributed by atoms with Gasteiger partial charge in [-0.2, -0.15) is 5.26 Å². The SMILES string of the molecule is N#CC1(C(=O)N2CCC(C(N)=O)CC2)CCCC1. The number of amides is 2. The van der Waals surface area contributed by atoms with E-state index in [1.807, 2.05) is 0 Å².